The number of aliphatic hydroxyl groups is 3. The zero-order valence-electron chi connectivity index (χ0n) is 43.9. The van der Waals surface area contributed by atoms with E-state index < -0.39 is 18.2 Å². The van der Waals surface area contributed by atoms with Crippen molar-refractivity contribution in [1.29, 1.82) is 0 Å². The van der Waals surface area contributed by atoms with Gasteiger partial charge in [-0.05, 0) is 51.4 Å². The molecule has 0 aromatic heterocycles. The molecule has 0 saturated carbocycles. The van der Waals surface area contributed by atoms with E-state index in [4.69, 9.17) is 0 Å². The van der Waals surface area contributed by atoms with Gasteiger partial charge in [-0.1, -0.05) is 294 Å². The molecular formula is C60H115NO4. The molecule has 5 heteroatoms. The Hall–Kier alpha value is -1.43. The van der Waals surface area contributed by atoms with Crippen LogP contribution in [0.5, 0.6) is 0 Å². The Morgan fingerprint density at radius 2 is 0.692 bits per heavy atom. The van der Waals surface area contributed by atoms with Gasteiger partial charge in [0.15, 0.2) is 0 Å². The van der Waals surface area contributed by atoms with E-state index in [0.717, 1.165) is 32.1 Å². The number of carbonyl (C=O) groups is 1. The Morgan fingerprint density at radius 1 is 0.400 bits per heavy atom. The number of hydrogen-bond donors (Lipinski definition) is 4. The van der Waals surface area contributed by atoms with E-state index in [0.29, 0.717) is 6.42 Å². The highest BCUT2D eigenvalue weighted by molar-refractivity contribution is 5.76. The summed E-state index contributed by atoms with van der Waals surface area (Å²) in [7, 11) is 0. The number of aliphatic hydroxyl groups excluding tert-OH is 3. The Morgan fingerprint density at radius 3 is 1.02 bits per heavy atom. The predicted octanol–water partition coefficient (Wildman–Crippen LogP) is 18.2. The van der Waals surface area contributed by atoms with Crippen LogP contribution in [0.2, 0.25) is 0 Å². The van der Waals surface area contributed by atoms with Gasteiger partial charge in [0.2, 0.25) is 5.91 Å². The molecule has 0 heterocycles. The molecule has 0 aliphatic heterocycles. The summed E-state index contributed by atoms with van der Waals surface area (Å²) in [5.74, 6) is -0.314. The fourth-order valence-electron chi connectivity index (χ4n) is 9.20. The summed E-state index contributed by atoms with van der Waals surface area (Å²) >= 11 is 0. The van der Waals surface area contributed by atoms with Crippen LogP contribution in [-0.4, -0.2) is 46.1 Å². The van der Waals surface area contributed by atoms with Crippen molar-refractivity contribution in [1.82, 2.24) is 5.32 Å². The number of allylic oxidation sites excluding steroid dienone is 5. The third kappa shape index (κ3) is 51.8. The lowest BCUT2D eigenvalue weighted by molar-refractivity contribution is -0.124. The molecule has 4 N–H and O–H groups in total. The predicted molar refractivity (Wildman–Crippen MR) is 287 cm³/mol. The van der Waals surface area contributed by atoms with Gasteiger partial charge in [0, 0.05) is 0 Å². The molecule has 0 saturated heterocycles. The molecule has 0 aromatic rings. The van der Waals surface area contributed by atoms with E-state index in [-0.39, 0.29) is 18.9 Å². The first kappa shape index (κ1) is 63.6. The van der Waals surface area contributed by atoms with E-state index in [2.05, 4.69) is 43.5 Å². The first-order valence-corrected chi connectivity index (χ1v) is 29.3. The van der Waals surface area contributed by atoms with Crippen molar-refractivity contribution in [2.75, 3.05) is 6.61 Å². The molecule has 0 fully saturated rings. The number of hydrogen-bond acceptors (Lipinski definition) is 4. The maximum absolute atomic E-state index is 12.5. The summed E-state index contributed by atoms with van der Waals surface area (Å²) in [5.41, 5.74) is 0. The smallest absolute Gasteiger partial charge is 0.222 e. The molecule has 3 unspecified atom stereocenters. The van der Waals surface area contributed by atoms with E-state index in [9.17, 15) is 20.1 Å². The molecule has 0 spiro atoms. The number of carbonyl (C=O) groups excluding carboxylic acids is 1. The van der Waals surface area contributed by atoms with Crippen molar-refractivity contribution in [3.63, 3.8) is 0 Å². The topological polar surface area (TPSA) is 89.8 Å². The molecule has 1 amide bonds. The fourth-order valence-corrected chi connectivity index (χ4v) is 9.20. The standard InChI is InChI=1S/C60H115NO4/c1-3-5-7-9-11-13-15-17-19-21-23-25-27-29-31-33-35-37-39-41-43-45-47-49-51-53-57(63)55-60(65)61-58(56-62)59(64)54-52-50-48-46-44-42-40-38-36-34-32-30-28-26-24-22-20-18-16-14-12-10-8-6-4-2/h23,25,29,31,52,54,57-59,62-64H,3-22,24,26-28,30,32-51,53,55-56H2,1-2H3,(H,61,65)/b25-23-,31-29-,54-52+. The van der Waals surface area contributed by atoms with Crippen LogP contribution in [0.15, 0.2) is 36.5 Å². The third-order valence-corrected chi connectivity index (χ3v) is 13.7. The van der Waals surface area contributed by atoms with E-state index in [1.807, 2.05) is 6.08 Å². The van der Waals surface area contributed by atoms with Gasteiger partial charge in [-0.3, -0.25) is 4.79 Å². The lowest BCUT2D eigenvalue weighted by atomic mass is 10.0. The van der Waals surface area contributed by atoms with E-state index in [1.54, 1.807) is 6.08 Å². The van der Waals surface area contributed by atoms with Gasteiger partial charge >= 0.3 is 0 Å². The van der Waals surface area contributed by atoms with Crippen molar-refractivity contribution >= 4 is 5.91 Å². The highest BCUT2D eigenvalue weighted by Gasteiger charge is 2.20. The number of rotatable bonds is 54. The second-order valence-corrected chi connectivity index (χ2v) is 20.3. The molecule has 65 heavy (non-hydrogen) atoms. The van der Waals surface area contributed by atoms with Gasteiger partial charge in [-0.2, -0.15) is 0 Å². The van der Waals surface area contributed by atoms with Gasteiger partial charge in [-0.15, -0.1) is 0 Å². The summed E-state index contributed by atoms with van der Waals surface area (Å²) in [6, 6.07) is -0.747. The minimum atomic E-state index is -0.932. The van der Waals surface area contributed by atoms with Crippen molar-refractivity contribution in [3.8, 4) is 0 Å². The summed E-state index contributed by atoms with van der Waals surface area (Å²) in [6.07, 6.45) is 71.9. The molecule has 3 atom stereocenters. The van der Waals surface area contributed by atoms with Gasteiger partial charge in [-0.25, -0.2) is 0 Å². The average Bonchev–Trinajstić information content (AvgIpc) is 3.30. The Balaban J connectivity index is 3.57. The molecule has 0 aromatic carbocycles. The van der Waals surface area contributed by atoms with Gasteiger partial charge < -0.3 is 20.6 Å². The molecule has 0 rings (SSSR count). The largest absolute Gasteiger partial charge is 0.394 e. The molecule has 384 valence electrons. The number of amides is 1. The Kier molecular flexibility index (Phi) is 54.0. The maximum Gasteiger partial charge on any atom is 0.222 e. The first-order chi connectivity index (χ1) is 32.0. The number of nitrogens with one attached hydrogen (secondary N) is 1. The molecule has 5 nitrogen and oxygen atoms in total. The number of unbranched alkanes of at least 4 members (excludes halogenated alkanes) is 41. The van der Waals surface area contributed by atoms with Gasteiger partial charge in [0.25, 0.3) is 0 Å². The zero-order chi connectivity index (χ0) is 47.2. The van der Waals surface area contributed by atoms with E-state index in [1.165, 1.54) is 257 Å². The SMILES string of the molecule is CCCCCCCCCCC/C=C\C/C=C\CCCCCCCCCCCC(O)CC(=O)NC(CO)C(O)/C=C/CCCCCCCCCCCCCCCCCCCCCCCCC. The van der Waals surface area contributed by atoms with Crippen LogP contribution in [-0.2, 0) is 4.79 Å². The van der Waals surface area contributed by atoms with Crippen LogP contribution in [0.4, 0.5) is 0 Å². The maximum atomic E-state index is 12.5. The summed E-state index contributed by atoms with van der Waals surface area (Å²) in [4.78, 5) is 12.5. The second-order valence-electron chi connectivity index (χ2n) is 20.3. The molecule has 0 radical (unpaired) electrons. The van der Waals surface area contributed by atoms with Crippen LogP contribution in [0.3, 0.4) is 0 Å². The molecular weight excluding hydrogens is 799 g/mol. The summed E-state index contributed by atoms with van der Waals surface area (Å²) in [6.45, 7) is 4.25. The lowest BCUT2D eigenvalue weighted by Gasteiger charge is -2.21. The zero-order valence-corrected chi connectivity index (χ0v) is 43.9. The van der Waals surface area contributed by atoms with Crippen LogP contribution in [0.25, 0.3) is 0 Å². The van der Waals surface area contributed by atoms with Crippen molar-refractivity contribution < 1.29 is 20.1 Å². The third-order valence-electron chi connectivity index (χ3n) is 13.7. The monoisotopic (exact) mass is 914 g/mol. The van der Waals surface area contributed by atoms with Gasteiger partial charge in [0.05, 0.1) is 31.3 Å². The minimum Gasteiger partial charge on any atom is -0.394 e. The van der Waals surface area contributed by atoms with Crippen molar-refractivity contribution in [2.45, 2.75) is 334 Å². The lowest BCUT2D eigenvalue weighted by Crippen LogP contribution is -2.45. The first-order valence-electron chi connectivity index (χ1n) is 29.3. The summed E-state index contributed by atoms with van der Waals surface area (Å²) < 4.78 is 0. The van der Waals surface area contributed by atoms with Crippen LogP contribution in [0.1, 0.15) is 316 Å². The second kappa shape index (κ2) is 55.2. The molecule has 0 aliphatic carbocycles. The van der Waals surface area contributed by atoms with E-state index >= 15 is 0 Å². The highest BCUT2D eigenvalue weighted by Crippen LogP contribution is 2.17. The van der Waals surface area contributed by atoms with Crippen molar-refractivity contribution in [2.24, 2.45) is 0 Å². The molecule has 0 aliphatic rings. The highest BCUT2D eigenvalue weighted by atomic mass is 16.3. The quantitative estimate of drug-likeness (QED) is 0.0361. The Bertz CT molecular complexity index is 1010. The Labute approximate surface area is 406 Å². The fraction of sp³-hybridized carbons (Fsp3) is 0.883. The van der Waals surface area contributed by atoms with Crippen LogP contribution < -0.4 is 5.32 Å². The van der Waals surface area contributed by atoms with Crippen LogP contribution in [0, 0.1) is 0 Å². The van der Waals surface area contributed by atoms with Crippen molar-refractivity contribution in [3.05, 3.63) is 36.5 Å². The average molecular weight is 915 g/mol. The summed E-state index contributed by atoms with van der Waals surface area (Å²) in [5, 5.41) is 33.5. The minimum absolute atomic E-state index is 0.0116. The molecule has 0 bridgehead atoms. The van der Waals surface area contributed by atoms with Gasteiger partial charge in [0.1, 0.15) is 0 Å². The normalized spacial score (nSPS) is 13.5. The van der Waals surface area contributed by atoms with Crippen LogP contribution >= 0.6 is 0 Å².